The van der Waals surface area contributed by atoms with Gasteiger partial charge in [-0.1, -0.05) is 41.3 Å². The van der Waals surface area contributed by atoms with Gasteiger partial charge in [-0.25, -0.2) is 0 Å². The van der Waals surface area contributed by atoms with Crippen molar-refractivity contribution in [3.8, 4) is 0 Å². The molecule has 0 radical (unpaired) electrons. The van der Waals surface area contributed by atoms with Gasteiger partial charge in [0, 0.05) is 18.3 Å². The Morgan fingerprint density at radius 1 is 1.69 bits per heavy atom. The Hall–Kier alpha value is 0.0300. The summed E-state index contributed by atoms with van der Waals surface area (Å²) in [5.41, 5.74) is 2.52. The molecule has 0 fully saturated rings. The van der Waals surface area contributed by atoms with E-state index in [1.807, 2.05) is 7.05 Å². The Morgan fingerprint density at radius 2 is 2.46 bits per heavy atom. The first kappa shape index (κ1) is 11.1. The average Bonchev–Trinajstić information content (AvgIpc) is 2.57. The maximum atomic E-state index is 4.43. The molecule has 0 saturated carbocycles. The van der Waals surface area contributed by atoms with Crippen LogP contribution in [0.2, 0.25) is 0 Å². The Kier molecular flexibility index (Phi) is 4.87. The third kappa shape index (κ3) is 2.74. The summed E-state index contributed by atoms with van der Waals surface area (Å²) in [4.78, 5) is 4.43. The molecule has 1 N–H and O–H groups in total. The van der Waals surface area contributed by atoms with E-state index in [1.165, 1.54) is 11.3 Å². The van der Waals surface area contributed by atoms with Gasteiger partial charge in [-0.3, -0.25) is 4.99 Å². The summed E-state index contributed by atoms with van der Waals surface area (Å²) in [6.45, 7) is 2.15. The number of nitrogens with one attached hydrogen (secondary N) is 1. The van der Waals surface area contributed by atoms with Gasteiger partial charge in [0.15, 0.2) is 0 Å². The molecular formula is C9H13IN2S. The molecule has 0 atom stereocenters. The first-order chi connectivity index (χ1) is 6.33. The van der Waals surface area contributed by atoms with Crippen LogP contribution in [0.3, 0.4) is 0 Å². The molecule has 0 spiro atoms. The summed E-state index contributed by atoms with van der Waals surface area (Å²) < 4.78 is 0.825. The minimum absolute atomic E-state index is 0.825. The molecule has 0 aliphatic carbocycles. The molecule has 4 heteroatoms. The monoisotopic (exact) mass is 308 g/mol. The number of hydrogen-bond donors (Lipinski definition) is 1. The summed E-state index contributed by atoms with van der Waals surface area (Å²) in [6, 6.07) is 0. The quantitative estimate of drug-likeness (QED) is 0.492. The SMILES string of the molecule is CC/C(NC)=C1\C=CS\C1=N\CI. The van der Waals surface area contributed by atoms with Gasteiger partial charge < -0.3 is 5.32 Å². The number of aliphatic imine (C=N–C) groups is 1. The zero-order valence-corrected chi connectivity index (χ0v) is 10.8. The minimum Gasteiger partial charge on any atom is -0.391 e. The van der Waals surface area contributed by atoms with Crippen molar-refractivity contribution in [2.24, 2.45) is 4.99 Å². The Morgan fingerprint density at radius 3 is 3.00 bits per heavy atom. The Bertz CT molecular complexity index is 263. The van der Waals surface area contributed by atoms with E-state index in [9.17, 15) is 0 Å². The van der Waals surface area contributed by atoms with E-state index in [0.717, 1.165) is 16.0 Å². The van der Waals surface area contributed by atoms with Crippen molar-refractivity contribution in [1.29, 1.82) is 0 Å². The van der Waals surface area contributed by atoms with Crippen molar-refractivity contribution >= 4 is 39.4 Å². The van der Waals surface area contributed by atoms with Crippen LogP contribution in [-0.4, -0.2) is 16.6 Å². The third-order valence-electron chi connectivity index (χ3n) is 1.83. The van der Waals surface area contributed by atoms with Gasteiger partial charge >= 0.3 is 0 Å². The fraction of sp³-hybridized carbons (Fsp3) is 0.444. The molecule has 1 aliphatic rings. The summed E-state index contributed by atoms with van der Waals surface area (Å²) in [7, 11) is 1.96. The van der Waals surface area contributed by atoms with Gasteiger partial charge in [0.05, 0.1) is 4.55 Å². The predicted octanol–water partition coefficient (Wildman–Crippen LogP) is 2.92. The van der Waals surface area contributed by atoms with Gasteiger partial charge in [-0.2, -0.15) is 0 Å². The van der Waals surface area contributed by atoms with E-state index in [1.54, 1.807) is 11.8 Å². The Labute approximate surface area is 97.1 Å². The van der Waals surface area contributed by atoms with Gasteiger partial charge in [0.2, 0.25) is 0 Å². The minimum atomic E-state index is 0.825. The van der Waals surface area contributed by atoms with Crippen LogP contribution in [0, 0.1) is 0 Å². The molecule has 0 amide bonds. The lowest BCUT2D eigenvalue weighted by atomic mass is 10.2. The number of hydrogen-bond acceptors (Lipinski definition) is 3. The molecule has 2 nitrogen and oxygen atoms in total. The zero-order chi connectivity index (χ0) is 9.68. The van der Waals surface area contributed by atoms with Crippen molar-refractivity contribution in [3.05, 3.63) is 22.8 Å². The third-order valence-corrected chi connectivity index (χ3v) is 3.01. The molecule has 0 unspecified atom stereocenters. The fourth-order valence-corrected chi connectivity index (χ4v) is 2.57. The van der Waals surface area contributed by atoms with Crippen molar-refractivity contribution in [1.82, 2.24) is 5.32 Å². The molecule has 13 heavy (non-hydrogen) atoms. The lowest BCUT2D eigenvalue weighted by Gasteiger charge is -2.07. The number of rotatable bonds is 3. The molecule has 0 aromatic rings. The van der Waals surface area contributed by atoms with Crippen LogP contribution in [0.15, 0.2) is 27.7 Å². The number of alkyl halides is 1. The van der Waals surface area contributed by atoms with Gasteiger partial charge in [-0.15, -0.1) is 0 Å². The molecule has 0 bridgehead atoms. The van der Waals surface area contributed by atoms with E-state index >= 15 is 0 Å². The van der Waals surface area contributed by atoms with Crippen LogP contribution in [0.25, 0.3) is 0 Å². The number of nitrogens with zero attached hydrogens (tertiary/aromatic N) is 1. The lowest BCUT2D eigenvalue weighted by Crippen LogP contribution is -2.10. The highest BCUT2D eigenvalue weighted by Crippen LogP contribution is 2.26. The van der Waals surface area contributed by atoms with Gasteiger partial charge in [0.1, 0.15) is 5.04 Å². The highest BCUT2D eigenvalue weighted by molar-refractivity contribution is 14.1. The number of halogens is 1. The normalized spacial score (nSPS) is 22.5. The highest BCUT2D eigenvalue weighted by atomic mass is 127. The molecule has 1 aliphatic heterocycles. The van der Waals surface area contributed by atoms with Crippen LogP contribution < -0.4 is 5.32 Å². The summed E-state index contributed by atoms with van der Waals surface area (Å²) in [5, 5.41) is 6.44. The zero-order valence-electron chi connectivity index (χ0n) is 7.80. The van der Waals surface area contributed by atoms with Crippen LogP contribution in [0.4, 0.5) is 0 Å². The van der Waals surface area contributed by atoms with E-state index in [0.29, 0.717) is 0 Å². The van der Waals surface area contributed by atoms with E-state index < -0.39 is 0 Å². The maximum absolute atomic E-state index is 4.43. The first-order valence-electron chi connectivity index (χ1n) is 4.18. The maximum Gasteiger partial charge on any atom is 0.105 e. The molecule has 0 saturated heterocycles. The number of thioether (sulfide) groups is 1. The fourth-order valence-electron chi connectivity index (χ4n) is 1.21. The van der Waals surface area contributed by atoms with Crippen molar-refractivity contribution in [2.45, 2.75) is 13.3 Å². The van der Waals surface area contributed by atoms with Crippen molar-refractivity contribution < 1.29 is 0 Å². The Balaban J connectivity index is 2.94. The summed E-state index contributed by atoms with van der Waals surface area (Å²) in [5.74, 6) is 0. The lowest BCUT2D eigenvalue weighted by molar-refractivity contribution is 0.894. The van der Waals surface area contributed by atoms with Crippen LogP contribution >= 0.6 is 34.4 Å². The van der Waals surface area contributed by atoms with E-state index in [4.69, 9.17) is 0 Å². The van der Waals surface area contributed by atoms with Crippen molar-refractivity contribution in [3.63, 3.8) is 0 Å². The van der Waals surface area contributed by atoms with Crippen LogP contribution in [0.5, 0.6) is 0 Å². The second-order valence-electron chi connectivity index (χ2n) is 2.50. The molecular weight excluding hydrogens is 295 g/mol. The standard InChI is InChI=1S/C9H13IN2S/c1-3-8(11-2)7-4-5-13-9(7)12-6-10/h4-5,11H,3,6H2,1-2H3/b8-7-,12-9+. The van der Waals surface area contributed by atoms with Crippen LogP contribution in [0.1, 0.15) is 13.3 Å². The van der Waals surface area contributed by atoms with Crippen molar-refractivity contribution in [2.75, 3.05) is 11.6 Å². The largest absolute Gasteiger partial charge is 0.391 e. The topological polar surface area (TPSA) is 24.4 Å². The molecule has 0 aromatic heterocycles. The second kappa shape index (κ2) is 5.70. The predicted molar refractivity (Wildman–Crippen MR) is 69.4 cm³/mol. The molecule has 1 rings (SSSR count). The first-order valence-corrected chi connectivity index (χ1v) is 6.58. The number of allylic oxidation sites excluding steroid dienone is 2. The second-order valence-corrected chi connectivity index (χ2v) is 4.08. The molecule has 1 heterocycles. The highest BCUT2D eigenvalue weighted by Gasteiger charge is 2.13. The molecule has 0 aromatic carbocycles. The van der Waals surface area contributed by atoms with Gasteiger partial charge in [-0.05, 0) is 17.9 Å². The summed E-state index contributed by atoms with van der Waals surface area (Å²) in [6.07, 6.45) is 3.15. The van der Waals surface area contributed by atoms with Gasteiger partial charge in [0.25, 0.3) is 0 Å². The average molecular weight is 308 g/mol. The van der Waals surface area contributed by atoms with E-state index in [-0.39, 0.29) is 0 Å². The summed E-state index contributed by atoms with van der Waals surface area (Å²) >= 11 is 3.96. The van der Waals surface area contributed by atoms with E-state index in [2.05, 4.69) is 51.3 Å². The smallest absolute Gasteiger partial charge is 0.105 e. The van der Waals surface area contributed by atoms with Crippen LogP contribution in [-0.2, 0) is 0 Å². The molecule has 72 valence electrons.